The van der Waals surface area contributed by atoms with Crippen LogP contribution in [0.5, 0.6) is 0 Å². The van der Waals surface area contributed by atoms with Crippen LogP contribution >= 0.6 is 0 Å². The van der Waals surface area contributed by atoms with E-state index in [1.807, 2.05) is 12.1 Å². The molecule has 0 saturated heterocycles. The minimum absolute atomic E-state index is 0.751. The fraction of sp³-hybridized carbons (Fsp3) is 0.286. The van der Waals surface area contributed by atoms with Crippen molar-refractivity contribution < 1.29 is 0 Å². The van der Waals surface area contributed by atoms with Gasteiger partial charge in [0.15, 0.2) is 0 Å². The van der Waals surface area contributed by atoms with Gasteiger partial charge < -0.3 is 5.32 Å². The van der Waals surface area contributed by atoms with Gasteiger partial charge in [-0.05, 0) is 42.7 Å². The third kappa shape index (κ3) is 3.36. The van der Waals surface area contributed by atoms with E-state index in [-0.39, 0.29) is 0 Å². The Kier molecular flexibility index (Phi) is 3.83. The molecule has 88 valence electrons. The van der Waals surface area contributed by atoms with Crippen molar-refractivity contribution >= 4 is 0 Å². The second-order valence-corrected chi connectivity index (χ2v) is 4.24. The molecule has 0 spiro atoms. The lowest BCUT2D eigenvalue weighted by molar-refractivity contribution is 0.670. The van der Waals surface area contributed by atoms with Crippen LogP contribution < -0.4 is 5.32 Å². The second kappa shape index (κ2) is 5.55. The fourth-order valence-electron chi connectivity index (χ4n) is 1.68. The van der Waals surface area contributed by atoms with Crippen molar-refractivity contribution in [3.05, 3.63) is 58.9 Å². The van der Waals surface area contributed by atoms with Gasteiger partial charge in [0, 0.05) is 19.3 Å². The molecule has 0 aliphatic carbocycles. The molecule has 0 fully saturated rings. The minimum atomic E-state index is 0.751. The Balaban J connectivity index is 1.88. The number of benzene rings is 1. The van der Waals surface area contributed by atoms with E-state index in [4.69, 9.17) is 0 Å². The molecule has 0 amide bonds. The molecule has 0 saturated carbocycles. The Morgan fingerprint density at radius 1 is 1.06 bits per heavy atom. The lowest BCUT2D eigenvalue weighted by Gasteiger charge is -2.06. The summed E-state index contributed by atoms with van der Waals surface area (Å²) in [6, 6.07) is 10.4. The van der Waals surface area contributed by atoms with Crippen molar-refractivity contribution in [2.75, 3.05) is 0 Å². The predicted molar refractivity (Wildman–Crippen MR) is 68.5 cm³/mol. The summed E-state index contributed by atoms with van der Waals surface area (Å²) in [7, 11) is 0. The average molecular weight is 227 g/mol. The van der Waals surface area contributed by atoms with Crippen LogP contribution in [-0.4, -0.2) is 10.2 Å². The van der Waals surface area contributed by atoms with Gasteiger partial charge in [0.05, 0.1) is 5.69 Å². The third-order valence-electron chi connectivity index (χ3n) is 2.83. The van der Waals surface area contributed by atoms with E-state index < -0.39 is 0 Å². The summed E-state index contributed by atoms with van der Waals surface area (Å²) < 4.78 is 0. The van der Waals surface area contributed by atoms with Gasteiger partial charge in [-0.2, -0.15) is 10.2 Å². The molecule has 0 radical (unpaired) electrons. The zero-order valence-electron chi connectivity index (χ0n) is 10.3. The molecular weight excluding hydrogens is 210 g/mol. The number of hydrogen-bond acceptors (Lipinski definition) is 3. The highest BCUT2D eigenvalue weighted by atomic mass is 15.1. The number of hydrogen-bond donors (Lipinski definition) is 1. The Bertz CT molecular complexity index is 480. The molecule has 0 unspecified atom stereocenters. The van der Waals surface area contributed by atoms with Gasteiger partial charge in [-0.25, -0.2) is 0 Å². The largest absolute Gasteiger partial charge is 0.307 e. The van der Waals surface area contributed by atoms with Crippen LogP contribution in [0.15, 0.2) is 36.5 Å². The van der Waals surface area contributed by atoms with Crippen LogP contribution in [-0.2, 0) is 13.1 Å². The first-order chi connectivity index (χ1) is 8.25. The lowest BCUT2D eigenvalue weighted by atomic mass is 10.1. The summed E-state index contributed by atoms with van der Waals surface area (Å²) in [4.78, 5) is 0. The van der Waals surface area contributed by atoms with Crippen molar-refractivity contribution in [3.8, 4) is 0 Å². The average Bonchev–Trinajstić information content (AvgIpc) is 2.35. The smallest absolute Gasteiger partial charge is 0.0769 e. The summed E-state index contributed by atoms with van der Waals surface area (Å²) in [5.41, 5.74) is 4.94. The van der Waals surface area contributed by atoms with E-state index in [2.05, 4.69) is 47.6 Å². The van der Waals surface area contributed by atoms with E-state index in [0.717, 1.165) is 18.8 Å². The van der Waals surface area contributed by atoms with Crippen LogP contribution in [0.25, 0.3) is 0 Å². The first-order valence-electron chi connectivity index (χ1n) is 5.79. The lowest BCUT2D eigenvalue weighted by Crippen LogP contribution is -2.14. The topological polar surface area (TPSA) is 37.8 Å². The highest BCUT2D eigenvalue weighted by Gasteiger charge is 1.97. The predicted octanol–water partition coefficient (Wildman–Crippen LogP) is 2.38. The zero-order valence-corrected chi connectivity index (χ0v) is 10.3. The molecular formula is C14H17N3. The molecule has 0 aliphatic rings. The molecule has 1 heterocycles. The first kappa shape index (κ1) is 11.7. The molecule has 0 bridgehead atoms. The molecule has 1 aromatic heterocycles. The van der Waals surface area contributed by atoms with Gasteiger partial charge in [0.1, 0.15) is 0 Å². The Labute approximate surface area is 102 Å². The van der Waals surface area contributed by atoms with Crippen LogP contribution in [0.3, 0.4) is 0 Å². The standard InChI is InChI=1S/C14H17N3/c1-11-5-6-13(8-12(11)2)9-15-10-14-4-3-7-16-17-14/h3-8,15H,9-10H2,1-2H3. The van der Waals surface area contributed by atoms with Crippen molar-refractivity contribution in [2.24, 2.45) is 0 Å². The van der Waals surface area contributed by atoms with E-state index in [9.17, 15) is 0 Å². The van der Waals surface area contributed by atoms with E-state index >= 15 is 0 Å². The molecule has 0 aliphatic heterocycles. The van der Waals surface area contributed by atoms with Gasteiger partial charge in [-0.3, -0.25) is 0 Å². The molecule has 17 heavy (non-hydrogen) atoms. The van der Waals surface area contributed by atoms with Crippen molar-refractivity contribution in [1.82, 2.24) is 15.5 Å². The Hall–Kier alpha value is -1.74. The molecule has 3 nitrogen and oxygen atoms in total. The number of aromatic nitrogens is 2. The second-order valence-electron chi connectivity index (χ2n) is 4.24. The van der Waals surface area contributed by atoms with Crippen LogP contribution in [0.1, 0.15) is 22.4 Å². The molecule has 2 aromatic rings. The SMILES string of the molecule is Cc1ccc(CNCc2cccnn2)cc1C. The van der Waals surface area contributed by atoms with Crippen molar-refractivity contribution in [1.29, 1.82) is 0 Å². The summed E-state index contributed by atoms with van der Waals surface area (Å²) >= 11 is 0. The fourth-order valence-corrected chi connectivity index (χ4v) is 1.68. The summed E-state index contributed by atoms with van der Waals surface area (Å²) in [5, 5.41) is 11.2. The molecule has 3 heteroatoms. The Morgan fingerprint density at radius 3 is 2.65 bits per heavy atom. The monoisotopic (exact) mass is 227 g/mol. The highest BCUT2D eigenvalue weighted by Crippen LogP contribution is 2.09. The maximum absolute atomic E-state index is 4.03. The van der Waals surface area contributed by atoms with Crippen LogP contribution in [0.2, 0.25) is 0 Å². The number of aryl methyl sites for hydroxylation is 2. The number of rotatable bonds is 4. The van der Waals surface area contributed by atoms with Crippen LogP contribution in [0.4, 0.5) is 0 Å². The van der Waals surface area contributed by atoms with Gasteiger partial charge in [0.25, 0.3) is 0 Å². The van der Waals surface area contributed by atoms with E-state index in [1.54, 1.807) is 6.20 Å². The van der Waals surface area contributed by atoms with Crippen LogP contribution in [0, 0.1) is 13.8 Å². The summed E-state index contributed by atoms with van der Waals surface area (Å²) in [6.07, 6.45) is 1.69. The maximum Gasteiger partial charge on any atom is 0.0769 e. The first-order valence-corrected chi connectivity index (χ1v) is 5.79. The van der Waals surface area contributed by atoms with E-state index in [0.29, 0.717) is 0 Å². The quantitative estimate of drug-likeness (QED) is 0.871. The molecule has 1 aromatic carbocycles. The van der Waals surface area contributed by atoms with Gasteiger partial charge in [-0.15, -0.1) is 0 Å². The highest BCUT2D eigenvalue weighted by molar-refractivity contribution is 5.29. The van der Waals surface area contributed by atoms with Gasteiger partial charge >= 0.3 is 0 Å². The summed E-state index contributed by atoms with van der Waals surface area (Å²) in [5.74, 6) is 0. The normalized spacial score (nSPS) is 10.5. The van der Waals surface area contributed by atoms with Gasteiger partial charge in [-0.1, -0.05) is 18.2 Å². The third-order valence-corrected chi connectivity index (χ3v) is 2.83. The maximum atomic E-state index is 4.03. The van der Waals surface area contributed by atoms with Gasteiger partial charge in [0.2, 0.25) is 0 Å². The minimum Gasteiger partial charge on any atom is -0.307 e. The van der Waals surface area contributed by atoms with Crippen molar-refractivity contribution in [3.63, 3.8) is 0 Å². The molecule has 2 rings (SSSR count). The zero-order chi connectivity index (χ0) is 12.1. The van der Waals surface area contributed by atoms with Crippen molar-refractivity contribution in [2.45, 2.75) is 26.9 Å². The number of nitrogens with zero attached hydrogens (tertiary/aromatic N) is 2. The number of nitrogens with one attached hydrogen (secondary N) is 1. The van der Waals surface area contributed by atoms with E-state index in [1.165, 1.54) is 16.7 Å². The summed E-state index contributed by atoms with van der Waals surface area (Å²) in [6.45, 7) is 5.88. The molecule has 0 atom stereocenters. The Morgan fingerprint density at radius 2 is 1.94 bits per heavy atom. The molecule has 1 N–H and O–H groups in total.